The second kappa shape index (κ2) is 6.32. The summed E-state index contributed by atoms with van der Waals surface area (Å²) in [5.74, 6) is 0.00774. The van der Waals surface area contributed by atoms with Crippen LogP contribution in [0.4, 0.5) is 0 Å². The number of halogens is 1. The predicted molar refractivity (Wildman–Crippen MR) is 102 cm³/mol. The van der Waals surface area contributed by atoms with Crippen molar-refractivity contribution in [2.45, 2.75) is 25.8 Å². The zero-order valence-electron chi connectivity index (χ0n) is 14.2. The van der Waals surface area contributed by atoms with Gasteiger partial charge in [0.05, 0.1) is 11.9 Å². The maximum atomic E-state index is 13.1. The molecule has 0 saturated carbocycles. The van der Waals surface area contributed by atoms with Gasteiger partial charge in [-0.1, -0.05) is 28.1 Å². The van der Waals surface area contributed by atoms with E-state index in [0.717, 1.165) is 15.6 Å². The molecule has 0 spiro atoms. The molecule has 132 valence electrons. The lowest BCUT2D eigenvalue weighted by Gasteiger charge is -2.18. The van der Waals surface area contributed by atoms with Crippen molar-refractivity contribution in [3.63, 3.8) is 0 Å². The molecule has 0 N–H and O–H groups in total. The molecule has 0 saturated heterocycles. The van der Waals surface area contributed by atoms with E-state index in [1.54, 1.807) is 7.05 Å². The fourth-order valence-electron chi connectivity index (χ4n) is 3.48. The summed E-state index contributed by atoms with van der Waals surface area (Å²) >= 11 is 3.38. The quantitative estimate of drug-likeness (QED) is 0.646. The van der Waals surface area contributed by atoms with Gasteiger partial charge in [-0.3, -0.25) is 18.7 Å². The maximum absolute atomic E-state index is 13.1. The molecule has 3 aromatic rings. The smallest absolute Gasteiger partial charge is 0.294 e. The van der Waals surface area contributed by atoms with Gasteiger partial charge in [0, 0.05) is 29.7 Å². The highest BCUT2D eigenvalue weighted by Crippen LogP contribution is 2.25. The summed E-state index contributed by atoms with van der Waals surface area (Å²) < 4.78 is 3.53. The van der Waals surface area contributed by atoms with E-state index in [2.05, 4.69) is 20.9 Å². The standard InChI is InChI=1S/C19H16BrN3O3/c1-22-17-16(13-3-2-4-15(24)14(13)9-21-17)18(25)23(19(22)26)10-11-5-7-12(20)8-6-11/h5-9H,2-4,10H2,1H3. The Hall–Kier alpha value is -2.54. The zero-order chi connectivity index (χ0) is 18.4. The number of aromatic nitrogens is 3. The fourth-order valence-corrected chi connectivity index (χ4v) is 3.75. The molecule has 0 fully saturated rings. The van der Waals surface area contributed by atoms with Crippen LogP contribution in [0.2, 0.25) is 0 Å². The first-order valence-corrected chi connectivity index (χ1v) is 9.15. The van der Waals surface area contributed by atoms with Crippen LogP contribution in [-0.4, -0.2) is 19.9 Å². The first kappa shape index (κ1) is 16.9. The molecule has 2 aromatic heterocycles. The van der Waals surface area contributed by atoms with Crippen molar-refractivity contribution in [1.29, 1.82) is 0 Å². The molecule has 6 nitrogen and oxygen atoms in total. The van der Waals surface area contributed by atoms with Crippen molar-refractivity contribution in [3.05, 3.63) is 72.5 Å². The molecule has 0 radical (unpaired) electrons. The molecule has 26 heavy (non-hydrogen) atoms. The Morgan fingerprint density at radius 1 is 1.12 bits per heavy atom. The first-order valence-electron chi connectivity index (χ1n) is 8.36. The molecule has 1 aromatic carbocycles. The molecule has 0 bridgehead atoms. The Labute approximate surface area is 157 Å². The van der Waals surface area contributed by atoms with Gasteiger partial charge in [-0.2, -0.15) is 0 Å². The highest BCUT2D eigenvalue weighted by atomic mass is 79.9. The maximum Gasteiger partial charge on any atom is 0.332 e. The largest absolute Gasteiger partial charge is 0.332 e. The second-order valence-corrected chi connectivity index (χ2v) is 7.40. The summed E-state index contributed by atoms with van der Waals surface area (Å²) in [5.41, 5.74) is 1.61. The third-order valence-corrected chi connectivity index (χ3v) is 5.37. The number of benzene rings is 1. The lowest BCUT2D eigenvalue weighted by Crippen LogP contribution is -2.40. The van der Waals surface area contributed by atoms with Crippen molar-refractivity contribution >= 4 is 32.7 Å². The zero-order valence-corrected chi connectivity index (χ0v) is 15.7. The van der Waals surface area contributed by atoms with Crippen molar-refractivity contribution in [3.8, 4) is 0 Å². The number of aryl methyl sites for hydroxylation is 2. The van der Waals surface area contributed by atoms with Crippen molar-refractivity contribution in [2.24, 2.45) is 7.05 Å². The molecule has 2 heterocycles. The summed E-state index contributed by atoms with van der Waals surface area (Å²) in [6, 6.07) is 7.47. The number of hydrogen-bond donors (Lipinski definition) is 0. The minimum atomic E-state index is -0.417. The van der Waals surface area contributed by atoms with Crippen LogP contribution in [0.5, 0.6) is 0 Å². The SMILES string of the molecule is Cn1c(=O)n(Cc2ccc(Br)cc2)c(=O)c2c3c(cnc21)C(=O)CCC3. The van der Waals surface area contributed by atoms with Gasteiger partial charge in [-0.15, -0.1) is 0 Å². The summed E-state index contributed by atoms with van der Waals surface area (Å²) in [7, 11) is 1.60. The summed E-state index contributed by atoms with van der Waals surface area (Å²) in [6.07, 6.45) is 3.32. The monoisotopic (exact) mass is 413 g/mol. The van der Waals surface area contributed by atoms with Gasteiger partial charge in [-0.25, -0.2) is 9.78 Å². The van der Waals surface area contributed by atoms with Gasteiger partial charge in [0.15, 0.2) is 5.78 Å². The number of nitrogens with zero attached hydrogens (tertiary/aromatic N) is 3. The topological polar surface area (TPSA) is 74.0 Å². The average Bonchev–Trinajstić information content (AvgIpc) is 2.64. The van der Waals surface area contributed by atoms with Crippen LogP contribution in [0.1, 0.15) is 34.3 Å². The van der Waals surface area contributed by atoms with E-state index in [9.17, 15) is 14.4 Å². The number of rotatable bonds is 2. The lowest BCUT2D eigenvalue weighted by atomic mass is 9.90. The van der Waals surface area contributed by atoms with Gasteiger partial charge in [0.25, 0.3) is 5.56 Å². The first-order chi connectivity index (χ1) is 12.5. The van der Waals surface area contributed by atoms with Gasteiger partial charge in [0.1, 0.15) is 5.65 Å². The van der Waals surface area contributed by atoms with E-state index in [1.807, 2.05) is 24.3 Å². The number of fused-ring (bicyclic) bond motifs is 3. The van der Waals surface area contributed by atoms with E-state index >= 15 is 0 Å². The van der Waals surface area contributed by atoms with E-state index in [0.29, 0.717) is 35.9 Å². The van der Waals surface area contributed by atoms with Crippen LogP contribution in [-0.2, 0) is 20.0 Å². The number of pyridine rings is 1. The number of hydrogen-bond acceptors (Lipinski definition) is 4. The summed E-state index contributed by atoms with van der Waals surface area (Å²) in [6.45, 7) is 0.173. The van der Waals surface area contributed by atoms with Gasteiger partial charge < -0.3 is 0 Å². The number of carbonyl (C=O) groups excluding carboxylic acids is 1. The molecule has 7 heteroatoms. The molecule has 1 aliphatic rings. The molecule has 0 atom stereocenters. The van der Waals surface area contributed by atoms with Crippen LogP contribution in [0, 0.1) is 0 Å². The molecular weight excluding hydrogens is 398 g/mol. The number of carbonyl (C=O) groups is 1. The second-order valence-electron chi connectivity index (χ2n) is 6.49. The minimum absolute atomic E-state index is 0.00774. The van der Waals surface area contributed by atoms with E-state index < -0.39 is 5.69 Å². The van der Waals surface area contributed by atoms with Crippen molar-refractivity contribution < 1.29 is 4.79 Å². The summed E-state index contributed by atoms with van der Waals surface area (Å²) in [4.78, 5) is 42.3. The van der Waals surface area contributed by atoms with Gasteiger partial charge in [-0.05, 0) is 36.1 Å². The van der Waals surface area contributed by atoms with E-state index in [4.69, 9.17) is 0 Å². The highest BCUT2D eigenvalue weighted by molar-refractivity contribution is 9.10. The molecular formula is C19H16BrN3O3. The third-order valence-electron chi connectivity index (χ3n) is 4.85. The van der Waals surface area contributed by atoms with Crippen LogP contribution < -0.4 is 11.2 Å². The third kappa shape index (κ3) is 2.63. The van der Waals surface area contributed by atoms with E-state index in [1.165, 1.54) is 15.3 Å². The van der Waals surface area contributed by atoms with E-state index in [-0.39, 0.29) is 17.9 Å². The normalized spacial score (nSPS) is 13.8. The van der Waals surface area contributed by atoms with Crippen molar-refractivity contribution in [2.75, 3.05) is 0 Å². The molecule has 0 amide bonds. The average molecular weight is 414 g/mol. The molecule has 1 aliphatic carbocycles. The van der Waals surface area contributed by atoms with Crippen LogP contribution >= 0.6 is 15.9 Å². The Bertz CT molecular complexity index is 1160. The number of ketones is 1. The van der Waals surface area contributed by atoms with Crippen LogP contribution in [0.15, 0.2) is 44.5 Å². The molecule has 0 aliphatic heterocycles. The fraction of sp³-hybridized carbons (Fsp3) is 0.263. The molecule has 0 unspecified atom stereocenters. The lowest BCUT2D eigenvalue weighted by molar-refractivity contribution is 0.0972. The molecule has 4 rings (SSSR count). The Morgan fingerprint density at radius 2 is 1.85 bits per heavy atom. The van der Waals surface area contributed by atoms with Crippen molar-refractivity contribution in [1.82, 2.24) is 14.1 Å². The van der Waals surface area contributed by atoms with Crippen LogP contribution in [0.25, 0.3) is 11.0 Å². The minimum Gasteiger partial charge on any atom is -0.294 e. The van der Waals surface area contributed by atoms with Gasteiger partial charge >= 0.3 is 5.69 Å². The Kier molecular flexibility index (Phi) is 4.11. The predicted octanol–water partition coefficient (Wildman–Crippen LogP) is 2.42. The highest BCUT2D eigenvalue weighted by Gasteiger charge is 2.24. The Morgan fingerprint density at radius 3 is 2.58 bits per heavy atom. The summed E-state index contributed by atoms with van der Waals surface area (Å²) in [5, 5.41) is 0.384. The van der Waals surface area contributed by atoms with Crippen LogP contribution in [0.3, 0.4) is 0 Å². The van der Waals surface area contributed by atoms with Gasteiger partial charge in [0.2, 0.25) is 0 Å². The Balaban J connectivity index is 1.99. The number of Topliss-reactive ketones (excluding diaryl/α,β-unsaturated/α-hetero) is 1.